The van der Waals surface area contributed by atoms with Gasteiger partial charge in [-0.3, -0.25) is 5.43 Å². The van der Waals surface area contributed by atoms with E-state index >= 15 is 0 Å². The molecule has 2 aromatic carbocycles. The van der Waals surface area contributed by atoms with Crippen molar-refractivity contribution in [3.05, 3.63) is 53.6 Å². The van der Waals surface area contributed by atoms with Gasteiger partial charge in [0.1, 0.15) is 11.5 Å². The van der Waals surface area contributed by atoms with E-state index in [1.807, 2.05) is 0 Å². The van der Waals surface area contributed by atoms with E-state index in [1.54, 1.807) is 31.2 Å². The number of methoxy groups -OCH3 is 1. The zero-order chi connectivity index (χ0) is 16.1. The third-order valence-corrected chi connectivity index (χ3v) is 3.06. The summed E-state index contributed by atoms with van der Waals surface area (Å²) in [4.78, 5) is 10.9. The Morgan fingerprint density at radius 1 is 1.23 bits per heavy atom. The fraction of sp³-hybridized carbons (Fsp3) is 0.125. The van der Waals surface area contributed by atoms with Crippen LogP contribution >= 0.6 is 0 Å². The summed E-state index contributed by atoms with van der Waals surface area (Å²) < 4.78 is 5.02. The zero-order valence-corrected chi connectivity index (χ0v) is 12.2. The van der Waals surface area contributed by atoms with Crippen LogP contribution in [0.3, 0.4) is 0 Å². The average molecular weight is 300 g/mol. The molecule has 0 bridgehead atoms. The van der Waals surface area contributed by atoms with Gasteiger partial charge >= 0.3 is 5.97 Å². The molecular formula is C16H16N2O4. The average Bonchev–Trinajstić information content (AvgIpc) is 2.52. The van der Waals surface area contributed by atoms with E-state index in [2.05, 4.69) is 10.5 Å². The zero-order valence-electron chi connectivity index (χ0n) is 12.2. The monoisotopic (exact) mass is 300 g/mol. The third-order valence-electron chi connectivity index (χ3n) is 3.06. The number of aromatic carboxylic acids is 1. The number of carbonyl (C=O) groups is 1. The fourth-order valence-corrected chi connectivity index (χ4v) is 1.87. The van der Waals surface area contributed by atoms with Crippen LogP contribution in [0.15, 0.2) is 47.6 Å². The van der Waals surface area contributed by atoms with Gasteiger partial charge in [0.15, 0.2) is 0 Å². The summed E-state index contributed by atoms with van der Waals surface area (Å²) in [7, 11) is 1.52. The quantitative estimate of drug-likeness (QED) is 0.583. The number of anilines is 1. The second-order valence-electron chi connectivity index (χ2n) is 4.58. The Hall–Kier alpha value is -3.02. The lowest BCUT2D eigenvalue weighted by molar-refractivity contribution is 0.0697. The summed E-state index contributed by atoms with van der Waals surface area (Å²) in [5, 5.41) is 23.0. The van der Waals surface area contributed by atoms with Crippen molar-refractivity contribution in [3.63, 3.8) is 0 Å². The molecule has 0 saturated heterocycles. The van der Waals surface area contributed by atoms with Crippen LogP contribution in [0.1, 0.15) is 22.8 Å². The maximum absolute atomic E-state index is 10.9. The first kappa shape index (κ1) is 15.4. The maximum atomic E-state index is 10.9. The standard InChI is InChI=1S/C16H16N2O4/c1-10(14-7-6-13(22-2)9-15(14)19)17-18-12-5-3-4-11(8-12)16(20)21/h3-9,18-19H,1-2H3,(H,20,21)/b17-10+. The number of aromatic hydroxyl groups is 1. The van der Waals surface area contributed by atoms with Crippen molar-refractivity contribution in [2.24, 2.45) is 5.10 Å². The van der Waals surface area contributed by atoms with Crippen LogP contribution < -0.4 is 10.2 Å². The van der Waals surface area contributed by atoms with Gasteiger partial charge < -0.3 is 14.9 Å². The molecule has 0 radical (unpaired) electrons. The molecule has 0 unspecified atom stereocenters. The van der Waals surface area contributed by atoms with Crippen LogP contribution in [-0.2, 0) is 0 Å². The van der Waals surface area contributed by atoms with Crippen LogP contribution in [0.5, 0.6) is 11.5 Å². The number of nitrogens with zero attached hydrogens (tertiary/aromatic N) is 1. The van der Waals surface area contributed by atoms with E-state index in [1.165, 1.54) is 25.3 Å². The molecule has 6 heteroatoms. The Labute approximate surface area is 127 Å². The molecule has 0 aliphatic carbocycles. The first-order valence-corrected chi connectivity index (χ1v) is 6.52. The second kappa shape index (κ2) is 6.62. The molecule has 0 aliphatic rings. The topological polar surface area (TPSA) is 91.2 Å². The summed E-state index contributed by atoms with van der Waals surface area (Å²) >= 11 is 0. The molecule has 22 heavy (non-hydrogen) atoms. The van der Waals surface area contributed by atoms with Crippen molar-refractivity contribution in [2.45, 2.75) is 6.92 Å². The summed E-state index contributed by atoms with van der Waals surface area (Å²) in [6.07, 6.45) is 0. The molecule has 0 atom stereocenters. The van der Waals surface area contributed by atoms with Gasteiger partial charge in [0.25, 0.3) is 0 Å². The first-order valence-electron chi connectivity index (χ1n) is 6.52. The third kappa shape index (κ3) is 3.54. The van der Waals surface area contributed by atoms with Crippen LogP contribution in [0.2, 0.25) is 0 Å². The van der Waals surface area contributed by atoms with Gasteiger partial charge in [-0.05, 0) is 37.3 Å². The summed E-state index contributed by atoms with van der Waals surface area (Å²) in [5.74, 6) is -0.394. The van der Waals surface area contributed by atoms with E-state index in [9.17, 15) is 9.90 Å². The molecule has 0 amide bonds. The van der Waals surface area contributed by atoms with Crippen molar-refractivity contribution in [1.82, 2.24) is 0 Å². The fourth-order valence-electron chi connectivity index (χ4n) is 1.87. The second-order valence-corrected chi connectivity index (χ2v) is 4.58. The summed E-state index contributed by atoms with van der Waals surface area (Å²) in [6.45, 7) is 1.73. The minimum absolute atomic E-state index is 0.0571. The van der Waals surface area contributed by atoms with Crippen molar-refractivity contribution < 1.29 is 19.7 Å². The van der Waals surface area contributed by atoms with Crippen LogP contribution in [0.4, 0.5) is 5.69 Å². The number of phenols is 1. The maximum Gasteiger partial charge on any atom is 0.335 e. The Morgan fingerprint density at radius 3 is 2.64 bits per heavy atom. The van der Waals surface area contributed by atoms with E-state index < -0.39 is 5.97 Å². The van der Waals surface area contributed by atoms with Crippen molar-refractivity contribution in [3.8, 4) is 11.5 Å². The van der Waals surface area contributed by atoms with E-state index in [0.717, 1.165) is 0 Å². The molecule has 0 spiro atoms. The molecule has 2 rings (SSSR count). The summed E-state index contributed by atoms with van der Waals surface area (Å²) in [6, 6.07) is 11.2. The van der Waals surface area contributed by atoms with Crippen molar-refractivity contribution in [2.75, 3.05) is 12.5 Å². The van der Waals surface area contributed by atoms with E-state index in [0.29, 0.717) is 22.7 Å². The molecule has 0 heterocycles. The van der Waals surface area contributed by atoms with E-state index in [4.69, 9.17) is 9.84 Å². The number of rotatable bonds is 5. The van der Waals surface area contributed by atoms with Gasteiger partial charge in [-0.1, -0.05) is 6.07 Å². The number of benzene rings is 2. The predicted molar refractivity (Wildman–Crippen MR) is 83.9 cm³/mol. The Morgan fingerprint density at radius 2 is 2.00 bits per heavy atom. The predicted octanol–water partition coefficient (Wildman–Crippen LogP) is 2.94. The van der Waals surface area contributed by atoms with Gasteiger partial charge in [-0.2, -0.15) is 5.10 Å². The smallest absolute Gasteiger partial charge is 0.335 e. The minimum Gasteiger partial charge on any atom is -0.507 e. The largest absolute Gasteiger partial charge is 0.507 e. The number of nitrogens with one attached hydrogen (secondary N) is 1. The number of hydrogen-bond acceptors (Lipinski definition) is 5. The highest BCUT2D eigenvalue weighted by Crippen LogP contribution is 2.24. The molecule has 0 saturated carbocycles. The van der Waals surface area contributed by atoms with Crippen molar-refractivity contribution >= 4 is 17.4 Å². The highest BCUT2D eigenvalue weighted by molar-refractivity contribution is 6.01. The molecule has 6 nitrogen and oxygen atoms in total. The van der Waals surface area contributed by atoms with Crippen LogP contribution in [-0.4, -0.2) is 29.0 Å². The Bertz CT molecular complexity index is 726. The molecule has 2 aromatic rings. The number of carboxylic acid groups (broad SMARTS) is 1. The normalized spacial score (nSPS) is 11.1. The number of ether oxygens (including phenoxy) is 1. The van der Waals surface area contributed by atoms with Crippen LogP contribution in [0, 0.1) is 0 Å². The molecule has 3 N–H and O–H groups in total. The lowest BCUT2D eigenvalue weighted by Gasteiger charge is -2.07. The van der Waals surface area contributed by atoms with Gasteiger partial charge in [0.05, 0.1) is 24.1 Å². The first-order chi connectivity index (χ1) is 10.5. The minimum atomic E-state index is -1.00. The molecular weight excluding hydrogens is 284 g/mol. The van der Waals surface area contributed by atoms with Gasteiger partial charge in [-0.25, -0.2) is 4.79 Å². The number of phenolic OH excluding ortho intramolecular Hbond substituents is 1. The summed E-state index contributed by atoms with van der Waals surface area (Å²) in [5.41, 5.74) is 4.61. The Kier molecular flexibility index (Phi) is 4.63. The van der Waals surface area contributed by atoms with E-state index in [-0.39, 0.29) is 11.3 Å². The highest BCUT2D eigenvalue weighted by Gasteiger charge is 2.07. The number of carboxylic acids is 1. The lowest BCUT2D eigenvalue weighted by Crippen LogP contribution is -2.02. The number of hydrazone groups is 1. The SMILES string of the molecule is COc1ccc(/C(C)=N/Nc2cccc(C(=O)O)c2)c(O)c1. The van der Waals surface area contributed by atoms with Gasteiger partial charge in [0.2, 0.25) is 0 Å². The lowest BCUT2D eigenvalue weighted by atomic mass is 10.1. The van der Waals surface area contributed by atoms with Crippen LogP contribution in [0.25, 0.3) is 0 Å². The molecule has 0 fully saturated rings. The Balaban J connectivity index is 2.19. The highest BCUT2D eigenvalue weighted by atomic mass is 16.5. The van der Waals surface area contributed by atoms with Crippen molar-refractivity contribution in [1.29, 1.82) is 0 Å². The number of hydrogen-bond donors (Lipinski definition) is 3. The molecule has 0 aliphatic heterocycles. The van der Waals surface area contributed by atoms with Gasteiger partial charge in [0, 0.05) is 11.6 Å². The molecule has 0 aromatic heterocycles. The van der Waals surface area contributed by atoms with Gasteiger partial charge in [-0.15, -0.1) is 0 Å². The molecule has 114 valence electrons.